The highest BCUT2D eigenvalue weighted by Gasteiger charge is 2.35. The van der Waals surface area contributed by atoms with E-state index in [0.717, 1.165) is 16.7 Å². The maximum absolute atomic E-state index is 13.1. The molecule has 0 radical (unpaired) electrons. The van der Waals surface area contributed by atoms with Crippen LogP contribution in [0, 0.1) is 5.82 Å². The number of nitrogens with one attached hydrogen (secondary N) is 1. The number of imide groups is 1. The summed E-state index contributed by atoms with van der Waals surface area (Å²) in [5.41, 5.74) is 1.77. The Hall–Kier alpha value is -3.34. The van der Waals surface area contributed by atoms with Crippen LogP contribution < -0.4 is 14.8 Å². The summed E-state index contributed by atoms with van der Waals surface area (Å²) in [5, 5.41) is 2.75. The molecule has 0 unspecified atom stereocenters. The van der Waals surface area contributed by atoms with E-state index in [1.54, 1.807) is 42.5 Å². The summed E-state index contributed by atoms with van der Waals surface area (Å²) >= 11 is 10.2. The number of benzene rings is 3. The zero-order valence-electron chi connectivity index (χ0n) is 19.3. The highest BCUT2D eigenvalue weighted by atomic mass is 79.9. The zero-order valence-corrected chi connectivity index (χ0v) is 22.5. The number of carbonyl (C=O) groups is 3. The van der Waals surface area contributed by atoms with Crippen molar-refractivity contribution in [2.45, 2.75) is 6.54 Å². The minimum Gasteiger partial charge on any atom is -0.493 e. The number of amides is 3. The topological polar surface area (TPSA) is 84.9 Å². The molecule has 0 atom stereocenters. The van der Waals surface area contributed by atoms with Gasteiger partial charge in [0.05, 0.1) is 23.6 Å². The van der Waals surface area contributed by atoms with E-state index in [1.807, 2.05) is 0 Å². The first kappa shape index (κ1) is 26.7. The van der Waals surface area contributed by atoms with Gasteiger partial charge in [-0.1, -0.05) is 29.8 Å². The van der Waals surface area contributed by atoms with E-state index in [4.69, 9.17) is 21.1 Å². The van der Waals surface area contributed by atoms with Crippen LogP contribution in [0.4, 0.5) is 14.9 Å². The quantitative estimate of drug-likeness (QED) is 0.295. The van der Waals surface area contributed by atoms with Gasteiger partial charge in [0.25, 0.3) is 17.1 Å². The largest absolute Gasteiger partial charge is 0.493 e. The molecule has 1 aliphatic rings. The van der Waals surface area contributed by atoms with Crippen LogP contribution in [0.1, 0.15) is 11.1 Å². The molecule has 1 heterocycles. The molecule has 190 valence electrons. The fraction of sp³-hybridized carbons (Fsp3) is 0.115. The summed E-state index contributed by atoms with van der Waals surface area (Å²) in [6.45, 7) is -0.224. The van der Waals surface area contributed by atoms with Crippen LogP contribution in [0.2, 0.25) is 5.02 Å². The number of nitrogens with zero attached hydrogens (tertiary/aromatic N) is 1. The number of ether oxygens (including phenoxy) is 2. The lowest BCUT2D eigenvalue weighted by molar-refractivity contribution is -0.123. The molecule has 7 nitrogen and oxygen atoms in total. The number of rotatable bonds is 8. The molecular weight excluding hydrogens is 587 g/mol. The predicted octanol–water partition coefficient (Wildman–Crippen LogP) is 6.50. The van der Waals surface area contributed by atoms with Crippen molar-refractivity contribution in [1.82, 2.24) is 4.90 Å². The molecule has 1 aliphatic heterocycles. The minimum atomic E-state index is -0.441. The van der Waals surface area contributed by atoms with Gasteiger partial charge in [-0.15, -0.1) is 0 Å². The molecule has 0 aliphatic carbocycles. The third kappa shape index (κ3) is 6.71. The number of halogens is 3. The van der Waals surface area contributed by atoms with Gasteiger partial charge in [-0.2, -0.15) is 0 Å². The molecule has 37 heavy (non-hydrogen) atoms. The molecular formula is C26H19BrClFN2O5S. The fourth-order valence-electron chi connectivity index (χ4n) is 3.37. The van der Waals surface area contributed by atoms with Crippen LogP contribution >= 0.6 is 39.3 Å². The van der Waals surface area contributed by atoms with Crippen molar-refractivity contribution in [2.24, 2.45) is 0 Å². The van der Waals surface area contributed by atoms with Gasteiger partial charge in [-0.25, -0.2) is 4.39 Å². The predicted molar refractivity (Wildman–Crippen MR) is 144 cm³/mol. The van der Waals surface area contributed by atoms with Crippen molar-refractivity contribution in [2.75, 3.05) is 19.0 Å². The summed E-state index contributed by atoms with van der Waals surface area (Å²) in [6.07, 6.45) is 1.58. The van der Waals surface area contributed by atoms with Crippen LogP contribution in [0.15, 0.2) is 70.0 Å². The number of thioether (sulfide) groups is 1. The third-order valence-corrected chi connectivity index (χ3v) is 7.31. The van der Waals surface area contributed by atoms with Gasteiger partial charge in [0.15, 0.2) is 18.1 Å². The Kier molecular flexibility index (Phi) is 8.52. The molecule has 3 aromatic carbocycles. The lowest BCUT2D eigenvalue weighted by Gasteiger charge is -2.12. The average molecular weight is 606 g/mol. The van der Waals surface area contributed by atoms with Crippen molar-refractivity contribution in [3.63, 3.8) is 0 Å². The van der Waals surface area contributed by atoms with Crippen molar-refractivity contribution in [3.05, 3.63) is 92.0 Å². The van der Waals surface area contributed by atoms with Crippen LogP contribution in [-0.2, 0) is 16.1 Å². The molecule has 0 aromatic heterocycles. The third-order valence-electron chi connectivity index (χ3n) is 5.18. The van der Waals surface area contributed by atoms with Gasteiger partial charge in [0, 0.05) is 10.2 Å². The Balaban J connectivity index is 1.41. The van der Waals surface area contributed by atoms with E-state index < -0.39 is 17.0 Å². The Morgan fingerprint density at radius 2 is 1.86 bits per heavy atom. The fourth-order valence-corrected chi connectivity index (χ4v) is 4.63. The minimum absolute atomic E-state index is 0.0485. The molecule has 0 bridgehead atoms. The van der Waals surface area contributed by atoms with Gasteiger partial charge >= 0.3 is 0 Å². The van der Waals surface area contributed by atoms with Crippen LogP contribution in [-0.4, -0.2) is 35.7 Å². The highest BCUT2D eigenvalue weighted by molar-refractivity contribution is 9.10. The maximum Gasteiger partial charge on any atom is 0.293 e. The first-order chi connectivity index (χ1) is 17.7. The maximum atomic E-state index is 13.1. The SMILES string of the molecule is COc1cc(/C=C2/SC(=O)N(Cc3ccc(F)cc3)C2=O)ccc1OCC(=O)Nc1ccc(Br)c(Cl)c1. The first-order valence-corrected chi connectivity index (χ1v) is 12.8. The average Bonchev–Trinajstić information content (AvgIpc) is 3.13. The van der Waals surface area contributed by atoms with Crippen LogP contribution in [0.5, 0.6) is 11.5 Å². The standard InChI is InChI=1S/C26H19BrClFN2O5S/c1-35-22-10-16(4-9-21(22)36-14-24(32)30-18-7-8-19(27)20(28)12-18)11-23-25(33)31(26(34)37-23)13-15-2-5-17(29)6-3-15/h2-12H,13-14H2,1H3,(H,30,32)/b23-11+. The van der Waals surface area contributed by atoms with Crippen molar-refractivity contribution in [1.29, 1.82) is 0 Å². The van der Waals surface area contributed by atoms with E-state index in [1.165, 1.54) is 31.4 Å². The lowest BCUT2D eigenvalue weighted by Crippen LogP contribution is -2.27. The zero-order chi connectivity index (χ0) is 26.5. The number of hydrogen-bond donors (Lipinski definition) is 1. The summed E-state index contributed by atoms with van der Waals surface area (Å²) in [6, 6.07) is 15.6. The summed E-state index contributed by atoms with van der Waals surface area (Å²) in [5.74, 6) is -0.552. The molecule has 0 saturated carbocycles. The molecule has 1 fully saturated rings. The molecule has 11 heteroatoms. The molecule has 0 spiro atoms. The number of carbonyl (C=O) groups excluding carboxylic acids is 3. The van der Waals surface area contributed by atoms with Gasteiger partial charge in [-0.05, 0) is 87.4 Å². The van der Waals surface area contributed by atoms with E-state index in [-0.39, 0.29) is 24.0 Å². The van der Waals surface area contributed by atoms with Crippen molar-refractivity contribution in [3.8, 4) is 11.5 Å². The normalized spacial score (nSPS) is 14.3. The first-order valence-electron chi connectivity index (χ1n) is 10.8. The Morgan fingerprint density at radius 3 is 2.57 bits per heavy atom. The van der Waals surface area contributed by atoms with Crippen molar-refractivity contribution < 1.29 is 28.2 Å². The van der Waals surface area contributed by atoms with E-state index in [2.05, 4.69) is 21.2 Å². The van der Waals surface area contributed by atoms with Gasteiger partial charge in [0.1, 0.15) is 5.82 Å². The van der Waals surface area contributed by atoms with Crippen LogP contribution in [0.25, 0.3) is 6.08 Å². The van der Waals surface area contributed by atoms with E-state index >= 15 is 0 Å². The molecule has 3 aromatic rings. The Labute approximate surface area is 229 Å². The number of hydrogen-bond acceptors (Lipinski definition) is 6. The van der Waals surface area contributed by atoms with Gasteiger partial charge in [0.2, 0.25) is 0 Å². The summed E-state index contributed by atoms with van der Waals surface area (Å²) < 4.78 is 24.8. The summed E-state index contributed by atoms with van der Waals surface area (Å²) in [4.78, 5) is 38.9. The highest BCUT2D eigenvalue weighted by Crippen LogP contribution is 2.35. The smallest absolute Gasteiger partial charge is 0.293 e. The molecule has 4 rings (SSSR count). The molecule has 1 saturated heterocycles. The molecule has 3 amide bonds. The van der Waals surface area contributed by atoms with Crippen LogP contribution in [0.3, 0.4) is 0 Å². The second-order valence-corrected chi connectivity index (χ2v) is 10.0. The molecule has 1 N–H and O–H groups in total. The number of anilines is 1. The Bertz CT molecular complexity index is 1400. The van der Waals surface area contributed by atoms with Gasteiger partial charge in [-0.3, -0.25) is 19.3 Å². The number of methoxy groups -OCH3 is 1. The van der Waals surface area contributed by atoms with E-state index in [9.17, 15) is 18.8 Å². The van der Waals surface area contributed by atoms with Crippen molar-refractivity contribution >= 4 is 68.1 Å². The second kappa shape index (κ2) is 11.8. The second-order valence-electron chi connectivity index (χ2n) is 7.77. The summed E-state index contributed by atoms with van der Waals surface area (Å²) in [7, 11) is 1.45. The monoisotopic (exact) mass is 604 g/mol. The van der Waals surface area contributed by atoms with E-state index in [0.29, 0.717) is 37.8 Å². The van der Waals surface area contributed by atoms with Gasteiger partial charge < -0.3 is 14.8 Å². The Morgan fingerprint density at radius 1 is 1.11 bits per heavy atom. The lowest BCUT2D eigenvalue weighted by atomic mass is 10.1.